The number of nitrogens with zero attached hydrogens (tertiary/aromatic N) is 2. The van der Waals surface area contributed by atoms with Crippen LogP contribution in [0.4, 0.5) is 0 Å². The molecule has 0 aromatic heterocycles. The zero-order chi connectivity index (χ0) is 27.8. The predicted molar refractivity (Wildman–Crippen MR) is 163 cm³/mol. The van der Waals surface area contributed by atoms with Crippen molar-refractivity contribution in [3.63, 3.8) is 0 Å². The minimum absolute atomic E-state index is 0.0616. The third kappa shape index (κ3) is 11.5. The molecule has 1 aromatic rings. The maximum Gasteiger partial charge on any atom is 0.306 e. The quantitative estimate of drug-likeness (QED) is 0.167. The molecular weight excluding hydrogens is 482 g/mol. The van der Waals surface area contributed by atoms with Crippen LogP contribution in [0.25, 0.3) is 0 Å². The van der Waals surface area contributed by atoms with E-state index in [1.807, 2.05) is 30.3 Å². The molecule has 2 saturated heterocycles. The first-order valence-corrected chi connectivity index (χ1v) is 16.5. The summed E-state index contributed by atoms with van der Waals surface area (Å²) in [4.78, 5) is 12.2. The van der Waals surface area contributed by atoms with Gasteiger partial charge in [0, 0.05) is 30.6 Å². The molecule has 0 radical (unpaired) electrons. The molecule has 5 nitrogen and oxygen atoms in total. The average molecular weight is 542 g/mol. The monoisotopic (exact) mass is 541 g/mol. The van der Waals surface area contributed by atoms with E-state index in [4.69, 9.17) is 4.74 Å². The molecule has 2 heterocycles. The number of carbonyl (C=O) groups is 1. The van der Waals surface area contributed by atoms with E-state index in [2.05, 4.69) is 36.3 Å². The lowest BCUT2D eigenvalue weighted by atomic mass is 9.95. The largest absolute Gasteiger partial charge is 0.461 e. The first-order valence-electron chi connectivity index (χ1n) is 16.5. The van der Waals surface area contributed by atoms with E-state index < -0.39 is 0 Å². The third-order valence-electron chi connectivity index (χ3n) is 8.88. The second-order valence-electron chi connectivity index (χ2n) is 12.8. The fourth-order valence-electron chi connectivity index (χ4n) is 6.47. The number of carbonyl (C=O) groups excluding carboxylic acids is 1. The van der Waals surface area contributed by atoms with Crippen LogP contribution in [-0.2, 0) is 16.1 Å². The first-order chi connectivity index (χ1) is 19.0. The molecule has 0 amide bonds. The van der Waals surface area contributed by atoms with Crippen molar-refractivity contribution >= 4 is 5.97 Å². The van der Waals surface area contributed by atoms with Gasteiger partial charge in [-0.2, -0.15) is 5.12 Å². The molecule has 1 N–H and O–H groups in total. The van der Waals surface area contributed by atoms with E-state index in [1.54, 1.807) is 0 Å². The second-order valence-corrected chi connectivity index (χ2v) is 12.8. The van der Waals surface area contributed by atoms with Gasteiger partial charge >= 0.3 is 5.97 Å². The smallest absolute Gasteiger partial charge is 0.306 e. The summed E-state index contributed by atoms with van der Waals surface area (Å²) in [6.45, 7) is 8.69. The van der Waals surface area contributed by atoms with Crippen molar-refractivity contribution in [3.8, 4) is 0 Å². The Balaban J connectivity index is 1.46. The van der Waals surface area contributed by atoms with Crippen LogP contribution in [0, 0.1) is 0 Å². The normalized spacial score (nSPS) is 21.5. The van der Waals surface area contributed by atoms with Gasteiger partial charge in [-0.3, -0.25) is 4.79 Å². The zero-order valence-corrected chi connectivity index (χ0v) is 25.6. The van der Waals surface area contributed by atoms with Gasteiger partial charge in [-0.25, -0.2) is 10.4 Å². The van der Waals surface area contributed by atoms with Crippen molar-refractivity contribution in [3.05, 3.63) is 35.9 Å². The Kier molecular flexibility index (Phi) is 14.9. The van der Waals surface area contributed by atoms with Gasteiger partial charge in [0.25, 0.3) is 0 Å². The predicted octanol–water partition coefficient (Wildman–Crippen LogP) is 8.73. The molecule has 39 heavy (non-hydrogen) atoms. The van der Waals surface area contributed by atoms with Crippen molar-refractivity contribution in [1.82, 2.24) is 15.6 Å². The van der Waals surface area contributed by atoms with Crippen molar-refractivity contribution < 1.29 is 9.53 Å². The van der Waals surface area contributed by atoms with Crippen LogP contribution in [0.3, 0.4) is 0 Å². The van der Waals surface area contributed by atoms with Crippen LogP contribution in [-0.4, -0.2) is 40.3 Å². The fraction of sp³-hybridized carbons (Fsp3) is 0.794. The van der Waals surface area contributed by atoms with Crippen LogP contribution in [0.2, 0.25) is 0 Å². The maximum atomic E-state index is 12.2. The highest BCUT2D eigenvalue weighted by atomic mass is 16.5. The Morgan fingerprint density at radius 3 is 2.38 bits per heavy atom. The van der Waals surface area contributed by atoms with Gasteiger partial charge in [0.15, 0.2) is 0 Å². The summed E-state index contributed by atoms with van der Waals surface area (Å²) in [5, 5.41) is 5.31. The van der Waals surface area contributed by atoms with Gasteiger partial charge < -0.3 is 4.74 Å². The lowest BCUT2D eigenvalue weighted by molar-refractivity contribution is -0.145. The van der Waals surface area contributed by atoms with E-state index in [1.165, 1.54) is 96.4 Å². The lowest BCUT2D eigenvalue weighted by Gasteiger charge is -2.42. The van der Waals surface area contributed by atoms with E-state index in [0.29, 0.717) is 25.1 Å². The Morgan fingerprint density at radius 1 is 0.897 bits per heavy atom. The summed E-state index contributed by atoms with van der Waals surface area (Å²) in [5.41, 5.74) is 5.16. The minimum Gasteiger partial charge on any atom is -0.461 e. The summed E-state index contributed by atoms with van der Waals surface area (Å²) in [5.74, 6) is -0.0766. The number of ether oxygens (including phenoxy) is 1. The summed E-state index contributed by atoms with van der Waals surface area (Å²) in [6.07, 6.45) is 23.8. The van der Waals surface area contributed by atoms with Crippen molar-refractivity contribution in [2.24, 2.45) is 0 Å². The van der Waals surface area contributed by atoms with Gasteiger partial charge in [-0.15, -0.1) is 0 Å². The molecule has 222 valence electrons. The number of rotatable bonds is 16. The van der Waals surface area contributed by atoms with Crippen molar-refractivity contribution in [2.45, 2.75) is 167 Å². The molecule has 2 unspecified atom stereocenters. The topological polar surface area (TPSA) is 44.8 Å². The molecule has 0 bridgehead atoms. The number of esters is 1. The standard InChI is InChI=1S/C34H59N3O2/c1-4-5-6-7-10-17-24-31-32-25-18-11-8-9-12-21-28-36(32)37(35-31)34(2,3)27-20-14-19-26-33(38)39-29-30-22-15-13-16-23-30/h13,15-16,22-23,31-32,35H,4-12,14,17-21,24-29H2,1-3H3. The Hall–Kier alpha value is -1.43. The summed E-state index contributed by atoms with van der Waals surface area (Å²) in [7, 11) is 0. The number of fused-ring (bicyclic) bond motifs is 1. The van der Waals surface area contributed by atoms with Crippen LogP contribution >= 0.6 is 0 Å². The van der Waals surface area contributed by atoms with E-state index >= 15 is 0 Å². The Bertz CT molecular complexity index is 784. The van der Waals surface area contributed by atoms with E-state index in [-0.39, 0.29) is 11.5 Å². The van der Waals surface area contributed by atoms with Gasteiger partial charge in [0.05, 0.1) is 0 Å². The molecule has 1 aromatic carbocycles. The van der Waals surface area contributed by atoms with Crippen molar-refractivity contribution in [1.29, 1.82) is 0 Å². The molecule has 0 spiro atoms. The zero-order valence-electron chi connectivity index (χ0n) is 25.6. The second kappa shape index (κ2) is 18.1. The highest BCUT2D eigenvalue weighted by molar-refractivity contribution is 5.69. The molecule has 5 heteroatoms. The Morgan fingerprint density at radius 2 is 1.59 bits per heavy atom. The number of benzene rings is 1. The molecule has 0 saturated carbocycles. The molecule has 2 fully saturated rings. The van der Waals surface area contributed by atoms with E-state index in [9.17, 15) is 4.79 Å². The number of hydrazine groups is 2. The van der Waals surface area contributed by atoms with Gasteiger partial charge in [-0.1, -0.05) is 121 Å². The third-order valence-corrected chi connectivity index (χ3v) is 8.88. The molecule has 2 aliphatic rings. The van der Waals surface area contributed by atoms with Crippen LogP contribution in [0.15, 0.2) is 30.3 Å². The maximum absolute atomic E-state index is 12.2. The highest BCUT2D eigenvalue weighted by Gasteiger charge is 2.44. The average Bonchev–Trinajstić information content (AvgIpc) is 3.30. The Labute approximate surface area is 240 Å². The summed E-state index contributed by atoms with van der Waals surface area (Å²) in [6, 6.07) is 11.2. The number of hydrogen-bond acceptors (Lipinski definition) is 5. The highest BCUT2D eigenvalue weighted by Crippen LogP contribution is 2.33. The first kappa shape index (κ1) is 32.1. The van der Waals surface area contributed by atoms with Gasteiger partial charge in [0.1, 0.15) is 6.61 Å². The fourth-order valence-corrected chi connectivity index (χ4v) is 6.47. The SMILES string of the molecule is CCCCCCCCC1NN(C(C)(C)CCCCCC(=O)OCc2ccccc2)N2CCCCCCCCC12. The molecule has 0 aliphatic carbocycles. The number of unbranched alkanes of at least 4 members (excludes halogenated alkanes) is 7. The van der Waals surface area contributed by atoms with Crippen LogP contribution in [0.5, 0.6) is 0 Å². The molecule has 2 atom stereocenters. The minimum atomic E-state index is -0.0766. The summed E-state index contributed by atoms with van der Waals surface area (Å²) < 4.78 is 5.46. The van der Waals surface area contributed by atoms with Gasteiger partial charge in [0.2, 0.25) is 0 Å². The molecular formula is C34H59N3O2. The van der Waals surface area contributed by atoms with Crippen LogP contribution < -0.4 is 5.43 Å². The lowest BCUT2D eigenvalue weighted by Crippen LogP contribution is -2.56. The molecule has 2 aliphatic heterocycles. The summed E-state index contributed by atoms with van der Waals surface area (Å²) >= 11 is 0. The van der Waals surface area contributed by atoms with E-state index in [0.717, 1.165) is 31.2 Å². The van der Waals surface area contributed by atoms with Crippen molar-refractivity contribution in [2.75, 3.05) is 6.54 Å². The number of nitrogens with one attached hydrogen (secondary N) is 1. The van der Waals surface area contributed by atoms with Gasteiger partial charge in [-0.05, 0) is 51.5 Å². The van der Waals surface area contributed by atoms with Crippen LogP contribution in [0.1, 0.15) is 148 Å². The number of hydrogen-bond donors (Lipinski definition) is 1. The molecule has 3 rings (SSSR count).